The molecule has 1 aromatic carbocycles. The van der Waals surface area contributed by atoms with Crippen molar-refractivity contribution in [2.24, 2.45) is 0 Å². The first kappa shape index (κ1) is 11.3. The van der Waals surface area contributed by atoms with E-state index in [4.69, 9.17) is 11.5 Å². The number of nitrogens with two attached hydrogens (primary N) is 2. The Morgan fingerprint density at radius 2 is 2.00 bits per heavy atom. The maximum absolute atomic E-state index is 5.74. The van der Waals surface area contributed by atoms with Gasteiger partial charge in [-0.2, -0.15) is 0 Å². The van der Waals surface area contributed by atoms with Gasteiger partial charge < -0.3 is 16.8 Å². The van der Waals surface area contributed by atoms with Gasteiger partial charge in [0.25, 0.3) is 0 Å². The second-order valence-corrected chi connectivity index (χ2v) is 4.00. The number of aromatic nitrogens is 1. The Morgan fingerprint density at radius 1 is 1.18 bits per heavy atom. The van der Waals surface area contributed by atoms with E-state index in [1.165, 1.54) is 11.1 Å². The molecule has 0 saturated carbocycles. The molecule has 17 heavy (non-hydrogen) atoms. The second-order valence-electron chi connectivity index (χ2n) is 4.00. The Kier molecular flexibility index (Phi) is 3.14. The Bertz CT molecular complexity index is 523. The Labute approximate surface area is 101 Å². The lowest BCUT2D eigenvalue weighted by Crippen LogP contribution is -2.03. The molecule has 1 aromatic heterocycles. The van der Waals surface area contributed by atoms with E-state index in [0.29, 0.717) is 11.4 Å². The zero-order valence-corrected chi connectivity index (χ0v) is 9.77. The SMILES string of the molecule is Cc1cnccc1CNc1ccc(N)c(N)c1. The first-order valence-electron chi connectivity index (χ1n) is 5.45. The van der Waals surface area contributed by atoms with E-state index in [1.54, 1.807) is 12.3 Å². The van der Waals surface area contributed by atoms with Crippen LogP contribution in [0.1, 0.15) is 11.1 Å². The van der Waals surface area contributed by atoms with Crippen molar-refractivity contribution in [2.75, 3.05) is 16.8 Å². The summed E-state index contributed by atoms with van der Waals surface area (Å²) in [6.07, 6.45) is 3.65. The van der Waals surface area contributed by atoms with Crippen LogP contribution in [-0.4, -0.2) is 4.98 Å². The lowest BCUT2D eigenvalue weighted by molar-refractivity contribution is 1.09. The van der Waals surface area contributed by atoms with Crippen LogP contribution in [0.4, 0.5) is 17.1 Å². The van der Waals surface area contributed by atoms with E-state index in [0.717, 1.165) is 12.2 Å². The van der Waals surface area contributed by atoms with Crippen molar-refractivity contribution < 1.29 is 0 Å². The predicted molar refractivity (Wildman–Crippen MR) is 71.6 cm³/mol. The highest BCUT2D eigenvalue weighted by atomic mass is 14.9. The highest BCUT2D eigenvalue weighted by Crippen LogP contribution is 2.20. The summed E-state index contributed by atoms with van der Waals surface area (Å²) < 4.78 is 0. The minimum atomic E-state index is 0.599. The van der Waals surface area contributed by atoms with Gasteiger partial charge in [-0.15, -0.1) is 0 Å². The molecule has 0 radical (unpaired) electrons. The average Bonchev–Trinajstić information content (AvgIpc) is 2.32. The van der Waals surface area contributed by atoms with Crippen LogP contribution in [-0.2, 0) is 6.54 Å². The lowest BCUT2D eigenvalue weighted by Gasteiger charge is -2.10. The molecule has 0 atom stereocenters. The fraction of sp³-hybridized carbons (Fsp3) is 0.154. The molecule has 0 aliphatic heterocycles. The summed E-state index contributed by atoms with van der Waals surface area (Å²) in [5.41, 5.74) is 16.0. The molecule has 2 aromatic rings. The van der Waals surface area contributed by atoms with Gasteiger partial charge in [0.05, 0.1) is 11.4 Å². The molecule has 4 nitrogen and oxygen atoms in total. The number of rotatable bonds is 3. The fourth-order valence-electron chi connectivity index (χ4n) is 1.58. The van der Waals surface area contributed by atoms with Crippen LogP contribution in [0.3, 0.4) is 0 Å². The van der Waals surface area contributed by atoms with Crippen LogP contribution < -0.4 is 16.8 Å². The largest absolute Gasteiger partial charge is 0.397 e. The fourth-order valence-corrected chi connectivity index (χ4v) is 1.58. The molecule has 88 valence electrons. The molecule has 0 spiro atoms. The number of hydrogen-bond donors (Lipinski definition) is 3. The second kappa shape index (κ2) is 4.74. The number of benzene rings is 1. The van der Waals surface area contributed by atoms with Crippen LogP contribution in [0.25, 0.3) is 0 Å². The van der Waals surface area contributed by atoms with Crippen LogP contribution >= 0.6 is 0 Å². The maximum atomic E-state index is 5.74. The molecule has 2 rings (SSSR count). The number of pyridine rings is 1. The summed E-state index contributed by atoms with van der Waals surface area (Å²) >= 11 is 0. The van der Waals surface area contributed by atoms with Crippen molar-refractivity contribution in [3.05, 3.63) is 47.8 Å². The summed E-state index contributed by atoms with van der Waals surface area (Å²) in [5.74, 6) is 0. The van der Waals surface area contributed by atoms with Crippen molar-refractivity contribution in [1.29, 1.82) is 0 Å². The quantitative estimate of drug-likeness (QED) is 0.704. The van der Waals surface area contributed by atoms with Gasteiger partial charge in [0.2, 0.25) is 0 Å². The Hall–Kier alpha value is -2.23. The van der Waals surface area contributed by atoms with Crippen molar-refractivity contribution in [1.82, 2.24) is 4.98 Å². The number of aryl methyl sites for hydroxylation is 1. The van der Waals surface area contributed by atoms with Gasteiger partial charge in [-0.1, -0.05) is 0 Å². The van der Waals surface area contributed by atoms with Gasteiger partial charge in [0.1, 0.15) is 0 Å². The summed E-state index contributed by atoms with van der Waals surface area (Å²) in [4.78, 5) is 4.06. The minimum absolute atomic E-state index is 0.599. The first-order chi connectivity index (χ1) is 8.16. The minimum Gasteiger partial charge on any atom is -0.397 e. The smallest absolute Gasteiger partial charge is 0.0568 e. The van der Waals surface area contributed by atoms with Crippen molar-refractivity contribution >= 4 is 17.1 Å². The van der Waals surface area contributed by atoms with Gasteiger partial charge in [-0.25, -0.2) is 0 Å². The molecule has 0 unspecified atom stereocenters. The van der Waals surface area contributed by atoms with Crippen molar-refractivity contribution in [3.63, 3.8) is 0 Å². The van der Waals surface area contributed by atoms with Crippen molar-refractivity contribution in [3.8, 4) is 0 Å². The molecule has 0 bridgehead atoms. The van der Waals surface area contributed by atoms with E-state index in [9.17, 15) is 0 Å². The van der Waals surface area contributed by atoms with Gasteiger partial charge in [-0.05, 0) is 42.3 Å². The molecule has 1 heterocycles. The molecule has 0 aliphatic carbocycles. The molecule has 0 saturated heterocycles. The molecule has 5 N–H and O–H groups in total. The highest BCUT2D eigenvalue weighted by Gasteiger charge is 1.99. The highest BCUT2D eigenvalue weighted by molar-refractivity contribution is 5.69. The van der Waals surface area contributed by atoms with Crippen molar-refractivity contribution in [2.45, 2.75) is 13.5 Å². The van der Waals surface area contributed by atoms with E-state index in [1.807, 2.05) is 31.3 Å². The van der Waals surface area contributed by atoms with Crippen LogP contribution in [0.5, 0.6) is 0 Å². The summed E-state index contributed by atoms with van der Waals surface area (Å²) in [5, 5.41) is 3.31. The third kappa shape index (κ3) is 2.66. The molecular weight excluding hydrogens is 212 g/mol. The first-order valence-corrected chi connectivity index (χ1v) is 5.45. The van der Waals surface area contributed by atoms with E-state index >= 15 is 0 Å². The molecule has 0 fully saturated rings. The Morgan fingerprint density at radius 3 is 2.71 bits per heavy atom. The van der Waals surface area contributed by atoms with Crippen LogP contribution in [0, 0.1) is 6.92 Å². The number of nitrogens with zero attached hydrogens (tertiary/aromatic N) is 1. The van der Waals surface area contributed by atoms with E-state index in [-0.39, 0.29) is 0 Å². The number of nitrogens with one attached hydrogen (secondary N) is 1. The van der Waals surface area contributed by atoms with Gasteiger partial charge in [0.15, 0.2) is 0 Å². The molecule has 4 heteroatoms. The number of nitrogen functional groups attached to an aromatic ring is 2. The summed E-state index contributed by atoms with van der Waals surface area (Å²) in [7, 11) is 0. The predicted octanol–water partition coefficient (Wildman–Crippen LogP) is 2.17. The van der Waals surface area contributed by atoms with E-state index < -0.39 is 0 Å². The zero-order valence-electron chi connectivity index (χ0n) is 9.77. The number of anilines is 3. The summed E-state index contributed by atoms with van der Waals surface area (Å²) in [6, 6.07) is 7.56. The van der Waals surface area contributed by atoms with Gasteiger partial charge >= 0.3 is 0 Å². The van der Waals surface area contributed by atoms with Crippen LogP contribution in [0.2, 0.25) is 0 Å². The lowest BCUT2D eigenvalue weighted by atomic mass is 10.1. The van der Waals surface area contributed by atoms with Gasteiger partial charge in [0, 0.05) is 24.6 Å². The monoisotopic (exact) mass is 228 g/mol. The normalized spacial score (nSPS) is 10.2. The van der Waals surface area contributed by atoms with Crippen LogP contribution in [0.15, 0.2) is 36.7 Å². The van der Waals surface area contributed by atoms with E-state index in [2.05, 4.69) is 10.3 Å². The van der Waals surface area contributed by atoms with Gasteiger partial charge in [-0.3, -0.25) is 4.98 Å². The third-order valence-corrected chi connectivity index (χ3v) is 2.71. The summed E-state index contributed by atoms with van der Waals surface area (Å²) in [6.45, 7) is 2.79. The number of hydrogen-bond acceptors (Lipinski definition) is 4. The molecule has 0 amide bonds. The zero-order chi connectivity index (χ0) is 12.3. The molecule has 0 aliphatic rings. The average molecular weight is 228 g/mol. The third-order valence-electron chi connectivity index (χ3n) is 2.71. The standard InChI is InChI=1S/C13H16N4/c1-9-7-16-5-4-10(9)8-17-11-2-3-12(14)13(15)6-11/h2-7,17H,8,14-15H2,1H3. The molecular formula is C13H16N4. The Balaban J connectivity index is 2.08. The maximum Gasteiger partial charge on any atom is 0.0568 e. The topological polar surface area (TPSA) is 77.0 Å².